The van der Waals surface area contributed by atoms with Crippen molar-refractivity contribution in [1.82, 2.24) is 10.2 Å². The minimum Gasteiger partial charge on any atom is -0.493 e. The molecule has 0 atom stereocenters. The second kappa shape index (κ2) is 6.90. The minimum atomic E-state index is 0.334. The molecule has 0 saturated carbocycles. The maximum absolute atomic E-state index is 5.67. The molecule has 0 bridgehead atoms. The molecule has 21 heavy (non-hydrogen) atoms. The molecule has 0 radical (unpaired) electrons. The SMILES string of the molecule is COc1ccc(/C(C)=N/Nc2ccc(Cl)nn2)cc1OC. The predicted octanol–water partition coefficient (Wildman–Crippen LogP) is 2.98. The van der Waals surface area contributed by atoms with Crippen LogP contribution < -0.4 is 14.9 Å². The summed E-state index contributed by atoms with van der Waals surface area (Å²) in [6.45, 7) is 1.87. The zero-order valence-electron chi connectivity index (χ0n) is 11.9. The van der Waals surface area contributed by atoms with Gasteiger partial charge in [0, 0.05) is 5.56 Å². The molecule has 0 spiro atoms. The van der Waals surface area contributed by atoms with Crippen LogP contribution in [0.4, 0.5) is 5.82 Å². The number of halogens is 1. The van der Waals surface area contributed by atoms with E-state index in [9.17, 15) is 0 Å². The predicted molar refractivity (Wildman–Crippen MR) is 82.4 cm³/mol. The van der Waals surface area contributed by atoms with Gasteiger partial charge in [0.15, 0.2) is 22.5 Å². The number of hydrazone groups is 1. The fourth-order valence-corrected chi connectivity index (χ4v) is 1.74. The van der Waals surface area contributed by atoms with E-state index in [4.69, 9.17) is 21.1 Å². The van der Waals surface area contributed by atoms with E-state index in [0.29, 0.717) is 22.5 Å². The highest BCUT2D eigenvalue weighted by atomic mass is 35.5. The highest BCUT2D eigenvalue weighted by Gasteiger charge is 2.06. The topological polar surface area (TPSA) is 68.6 Å². The molecule has 110 valence electrons. The molecule has 0 unspecified atom stereocenters. The van der Waals surface area contributed by atoms with Gasteiger partial charge in [-0.15, -0.1) is 10.2 Å². The summed E-state index contributed by atoms with van der Waals surface area (Å²) >= 11 is 5.67. The van der Waals surface area contributed by atoms with Crippen LogP contribution in [0.5, 0.6) is 11.5 Å². The summed E-state index contributed by atoms with van der Waals surface area (Å²) in [4.78, 5) is 0. The average Bonchev–Trinajstić information content (AvgIpc) is 2.53. The van der Waals surface area contributed by atoms with Crippen LogP contribution in [0.2, 0.25) is 5.15 Å². The molecule has 7 heteroatoms. The van der Waals surface area contributed by atoms with Gasteiger partial charge < -0.3 is 9.47 Å². The molecule has 1 heterocycles. The van der Waals surface area contributed by atoms with Crippen molar-refractivity contribution in [2.75, 3.05) is 19.6 Å². The smallest absolute Gasteiger partial charge is 0.168 e. The van der Waals surface area contributed by atoms with Gasteiger partial charge in [0.1, 0.15) is 0 Å². The number of ether oxygens (including phenoxy) is 2. The fraction of sp³-hybridized carbons (Fsp3) is 0.214. The quantitative estimate of drug-likeness (QED) is 0.679. The van der Waals surface area contributed by atoms with Crippen molar-refractivity contribution in [2.24, 2.45) is 5.10 Å². The third kappa shape index (κ3) is 3.82. The third-order valence-corrected chi connectivity index (χ3v) is 2.97. The van der Waals surface area contributed by atoms with Gasteiger partial charge in [0.25, 0.3) is 0 Å². The Kier molecular flexibility index (Phi) is 4.94. The molecule has 1 aromatic heterocycles. The van der Waals surface area contributed by atoms with Crippen molar-refractivity contribution in [1.29, 1.82) is 0 Å². The van der Waals surface area contributed by atoms with Gasteiger partial charge in [0.05, 0.1) is 19.9 Å². The van der Waals surface area contributed by atoms with Crippen LogP contribution in [0.25, 0.3) is 0 Å². The lowest BCUT2D eigenvalue weighted by Crippen LogP contribution is -2.02. The lowest BCUT2D eigenvalue weighted by Gasteiger charge is -2.09. The first-order valence-corrected chi connectivity index (χ1v) is 6.53. The van der Waals surface area contributed by atoms with Crippen LogP contribution in [0.3, 0.4) is 0 Å². The molecule has 6 nitrogen and oxygen atoms in total. The number of hydrogen-bond acceptors (Lipinski definition) is 6. The van der Waals surface area contributed by atoms with Crippen LogP contribution in [0.1, 0.15) is 12.5 Å². The lowest BCUT2D eigenvalue weighted by atomic mass is 10.1. The van der Waals surface area contributed by atoms with E-state index in [-0.39, 0.29) is 0 Å². The number of rotatable bonds is 5. The van der Waals surface area contributed by atoms with Gasteiger partial charge in [-0.1, -0.05) is 11.6 Å². The van der Waals surface area contributed by atoms with Gasteiger partial charge in [-0.05, 0) is 37.3 Å². The molecule has 0 aliphatic carbocycles. The lowest BCUT2D eigenvalue weighted by molar-refractivity contribution is 0.355. The van der Waals surface area contributed by atoms with Gasteiger partial charge in [-0.2, -0.15) is 5.10 Å². The number of aromatic nitrogens is 2. The van der Waals surface area contributed by atoms with E-state index in [1.807, 2.05) is 25.1 Å². The molecule has 1 aromatic carbocycles. The first-order chi connectivity index (χ1) is 10.1. The molecular formula is C14H15ClN4O2. The molecule has 0 fully saturated rings. The van der Waals surface area contributed by atoms with Gasteiger partial charge in [0.2, 0.25) is 0 Å². The molecule has 1 N–H and O–H groups in total. The number of hydrogen-bond donors (Lipinski definition) is 1. The first kappa shape index (κ1) is 15.1. The molecule has 2 rings (SSSR count). The first-order valence-electron chi connectivity index (χ1n) is 6.16. The van der Waals surface area contributed by atoms with Crippen molar-refractivity contribution in [3.63, 3.8) is 0 Å². The summed E-state index contributed by atoms with van der Waals surface area (Å²) in [6, 6.07) is 8.91. The Balaban J connectivity index is 2.17. The Hall–Kier alpha value is -2.34. The number of anilines is 1. The van der Waals surface area contributed by atoms with Gasteiger partial charge in [-0.25, -0.2) is 0 Å². The number of nitrogens with zero attached hydrogens (tertiary/aromatic N) is 3. The van der Waals surface area contributed by atoms with Crippen molar-refractivity contribution in [3.8, 4) is 11.5 Å². The summed E-state index contributed by atoms with van der Waals surface area (Å²) in [5, 5.41) is 12.2. The van der Waals surface area contributed by atoms with Crippen molar-refractivity contribution < 1.29 is 9.47 Å². The van der Waals surface area contributed by atoms with Crippen LogP contribution in [-0.2, 0) is 0 Å². The Morgan fingerprint density at radius 3 is 2.48 bits per heavy atom. The monoisotopic (exact) mass is 306 g/mol. The largest absolute Gasteiger partial charge is 0.493 e. The summed E-state index contributed by atoms with van der Waals surface area (Å²) in [7, 11) is 3.19. The minimum absolute atomic E-state index is 0.334. The van der Waals surface area contributed by atoms with E-state index in [1.165, 1.54) is 0 Å². The highest BCUT2D eigenvalue weighted by Crippen LogP contribution is 2.27. The summed E-state index contributed by atoms with van der Waals surface area (Å²) in [5.41, 5.74) is 4.50. The standard InChI is InChI=1S/C14H15ClN4O2/c1-9(16-18-14-7-6-13(15)17-19-14)10-4-5-11(20-2)12(8-10)21-3/h4-8H,1-3H3,(H,18,19)/b16-9+. The number of nitrogens with one attached hydrogen (secondary N) is 1. The molecular weight excluding hydrogens is 292 g/mol. The van der Waals surface area contributed by atoms with Crippen LogP contribution in [0.15, 0.2) is 35.4 Å². The molecule has 2 aromatic rings. The molecule has 0 saturated heterocycles. The number of methoxy groups -OCH3 is 2. The zero-order chi connectivity index (χ0) is 15.2. The normalized spacial score (nSPS) is 11.1. The maximum atomic E-state index is 5.67. The Morgan fingerprint density at radius 1 is 1.10 bits per heavy atom. The highest BCUT2D eigenvalue weighted by molar-refractivity contribution is 6.29. The maximum Gasteiger partial charge on any atom is 0.168 e. The van der Waals surface area contributed by atoms with E-state index in [0.717, 1.165) is 11.3 Å². The second-order valence-corrected chi connectivity index (χ2v) is 4.51. The Morgan fingerprint density at radius 2 is 1.86 bits per heavy atom. The second-order valence-electron chi connectivity index (χ2n) is 4.12. The van der Waals surface area contributed by atoms with Gasteiger partial charge in [-0.3, -0.25) is 5.43 Å². The van der Waals surface area contributed by atoms with Crippen molar-refractivity contribution >= 4 is 23.1 Å². The summed E-state index contributed by atoms with van der Waals surface area (Å²) in [5.74, 6) is 1.83. The zero-order valence-corrected chi connectivity index (χ0v) is 12.7. The Bertz CT molecular complexity index is 644. The fourth-order valence-electron chi connectivity index (χ4n) is 1.64. The van der Waals surface area contributed by atoms with E-state index in [2.05, 4.69) is 20.7 Å². The van der Waals surface area contributed by atoms with Crippen LogP contribution >= 0.6 is 11.6 Å². The van der Waals surface area contributed by atoms with Gasteiger partial charge >= 0.3 is 0 Å². The summed E-state index contributed by atoms with van der Waals surface area (Å²) < 4.78 is 10.5. The van der Waals surface area contributed by atoms with Crippen LogP contribution in [0, 0.1) is 0 Å². The van der Waals surface area contributed by atoms with Crippen molar-refractivity contribution in [2.45, 2.75) is 6.92 Å². The third-order valence-electron chi connectivity index (χ3n) is 2.77. The Labute approximate surface area is 127 Å². The molecule has 0 aliphatic rings. The van der Waals surface area contributed by atoms with Crippen LogP contribution in [-0.4, -0.2) is 30.1 Å². The van der Waals surface area contributed by atoms with E-state index in [1.54, 1.807) is 26.4 Å². The van der Waals surface area contributed by atoms with E-state index >= 15 is 0 Å². The molecule has 0 aliphatic heterocycles. The van der Waals surface area contributed by atoms with E-state index < -0.39 is 0 Å². The van der Waals surface area contributed by atoms with Crippen molar-refractivity contribution in [3.05, 3.63) is 41.0 Å². The molecule has 0 amide bonds. The average molecular weight is 307 g/mol. The number of benzene rings is 1. The summed E-state index contributed by atoms with van der Waals surface area (Å²) in [6.07, 6.45) is 0.